The standard InChI is InChI=1S/C21H20N6O2S/c1-13(20(29)26-12-18(28)23-16-6-2-3-7-17(16)26)30-21-25-24-19(27(21)15-8-9-15)14-5-4-10-22-11-14/h2-7,10-11,13,15H,8-9,12H2,1H3,(H,23,28)/t13-/m0/s1. The summed E-state index contributed by atoms with van der Waals surface area (Å²) in [5.74, 6) is 0.449. The minimum absolute atomic E-state index is 0.0109. The first-order chi connectivity index (χ1) is 14.6. The molecule has 1 aliphatic heterocycles. The maximum atomic E-state index is 13.2. The molecule has 1 saturated carbocycles. The number of hydrogen-bond donors (Lipinski definition) is 1. The van der Waals surface area contributed by atoms with Gasteiger partial charge in [0.15, 0.2) is 11.0 Å². The van der Waals surface area contributed by atoms with E-state index in [-0.39, 0.29) is 18.4 Å². The summed E-state index contributed by atoms with van der Waals surface area (Å²) in [5.41, 5.74) is 2.28. The van der Waals surface area contributed by atoms with Gasteiger partial charge in [-0.25, -0.2) is 0 Å². The van der Waals surface area contributed by atoms with Gasteiger partial charge in [-0.15, -0.1) is 10.2 Å². The fourth-order valence-electron chi connectivity index (χ4n) is 3.57. The predicted molar refractivity (Wildman–Crippen MR) is 114 cm³/mol. The summed E-state index contributed by atoms with van der Waals surface area (Å²) in [6.45, 7) is 1.86. The molecule has 152 valence electrons. The lowest BCUT2D eigenvalue weighted by Crippen LogP contribution is -2.45. The predicted octanol–water partition coefficient (Wildman–Crippen LogP) is 3.14. The van der Waals surface area contributed by atoms with E-state index in [1.54, 1.807) is 23.4 Å². The van der Waals surface area contributed by atoms with E-state index in [1.807, 2.05) is 37.3 Å². The SMILES string of the molecule is C[C@H](Sc1nnc(-c2cccnc2)n1C1CC1)C(=O)N1CC(=O)Nc2ccccc21. The molecule has 0 bridgehead atoms. The molecule has 0 saturated heterocycles. The fourth-order valence-corrected chi connectivity index (χ4v) is 4.55. The number of pyridine rings is 1. The second kappa shape index (κ2) is 7.56. The van der Waals surface area contributed by atoms with Crippen LogP contribution in [0.25, 0.3) is 11.4 Å². The lowest BCUT2D eigenvalue weighted by atomic mass is 10.2. The third-order valence-corrected chi connectivity index (χ3v) is 6.21. The Labute approximate surface area is 177 Å². The third kappa shape index (κ3) is 3.45. The van der Waals surface area contributed by atoms with E-state index in [1.165, 1.54) is 11.8 Å². The van der Waals surface area contributed by atoms with Crippen LogP contribution in [0.15, 0.2) is 53.9 Å². The van der Waals surface area contributed by atoms with E-state index in [0.29, 0.717) is 22.6 Å². The molecule has 2 amide bonds. The second-order valence-corrected chi connectivity index (χ2v) is 8.71. The smallest absolute Gasteiger partial charge is 0.244 e. The van der Waals surface area contributed by atoms with Crippen LogP contribution >= 0.6 is 11.8 Å². The number of fused-ring (bicyclic) bond motifs is 1. The molecule has 9 heteroatoms. The lowest BCUT2D eigenvalue weighted by molar-refractivity contribution is -0.121. The van der Waals surface area contributed by atoms with Gasteiger partial charge in [-0.2, -0.15) is 0 Å². The number of rotatable bonds is 5. The van der Waals surface area contributed by atoms with Crippen LogP contribution in [-0.2, 0) is 9.59 Å². The van der Waals surface area contributed by atoms with E-state index in [2.05, 4.69) is 25.1 Å². The number of anilines is 2. The first-order valence-electron chi connectivity index (χ1n) is 9.84. The maximum absolute atomic E-state index is 13.2. The van der Waals surface area contributed by atoms with E-state index in [9.17, 15) is 9.59 Å². The fraction of sp³-hybridized carbons (Fsp3) is 0.286. The molecule has 8 nitrogen and oxygen atoms in total. The van der Waals surface area contributed by atoms with Gasteiger partial charge in [-0.05, 0) is 44.0 Å². The molecule has 1 atom stereocenters. The number of amides is 2. The number of hydrogen-bond acceptors (Lipinski definition) is 6. The Morgan fingerprint density at radius 2 is 2.03 bits per heavy atom. The van der Waals surface area contributed by atoms with Gasteiger partial charge in [-0.3, -0.25) is 24.0 Å². The van der Waals surface area contributed by atoms with Crippen LogP contribution in [0.4, 0.5) is 11.4 Å². The van der Waals surface area contributed by atoms with Gasteiger partial charge in [0.25, 0.3) is 0 Å². The summed E-state index contributed by atoms with van der Waals surface area (Å²) in [5, 5.41) is 11.9. The summed E-state index contributed by atoms with van der Waals surface area (Å²) in [7, 11) is 0. The Bertz CT molecular complexity index is 1110. The Morgan fingerprint density at radius 1 is 1.20 bits per heavy atom. The molecule has 30 heavy (non-hydrogen) atoms. The normalized spacial score (nSPS) is 16.7. The molecule has 2 aromatic heterocycles. The average molecular weight is 420 g/mol. The van der Waals surface area contributed by atoms with Crippen molar-refractivity contribution in [2.75, 3.05) is 16.8 Å². The molecular weight excluding hydrogens is 400 g/mol. The zero-order valence-corrected chi connectivity index (χ0v) is 17.2. The lowest BCUT2D eigenvalue weighted by Gasteiger charge is -2.30. The number of carbonyl (C=O) groups is 2. The van der Waals surface area contributed by atoms with Crippen molar-refractivity contribution >= 4 is 35.0 Å². The Kier molecular flexibility index (Phi) is 4.74. The van der Waals surface area contributed by atoms with Crippen molar-refractivity contribution < 1.29 is 9.59 Å². The molecule has 5 rings (SSSR count). The highest BCUT2D eigenvalue weighted by Crippen LogP contribution is 2.42. The molecule has 3 heterocycles. The van der Waals surface area contributed by atoms with Crippen molar-refractivity contribution in [2.45, 2.75) is 36.2 Å². The van der Waals surface area contributed by atoms with Gasteiger partial charge < -0.3 is 5.32 Å². The van der Waals surface area contributed by atoms with E-state index >= 15 is 0 Å². The van der Waals surface area contributed by atoms with Crippen LogP contribution in [0.5, 0.6) is 0 Å². The van der Waals surface area contributed by atoms with E-state index < -0.39 is 5.25 Å². The molecular formula is C21H20N6O2S. The summed E-state index contributed by atoms with van der Waals surface area (Å²) in [6.07, 6.45) is 5.64. The molecule has 1 N–H and O–H groups in total. The molecule has 0 radical (unpaired) electrons. The van der Waals surface area contributed by atoms with Crippen molar-refractivity contribution in [1.82, 2.24) is 19.7 Å². The first-order valence-corrected chi connectivity index (χ1v) is 10.7. The van der Waals surface area contributed by atoms with Crippen LogP contribution in [0, 0.1) is 0 Å². The Hall–Kier alpha value is -3.20. The number of nitrogens with zero attached hydrogens (tertiary/aromatic N) is 5. The van der Waals surface area contributed by atoms with Gasteiger partial charge >= 0.3 is 0 Å². The monoisotopic (exact) mass is 420 g/mol. The number of benzene rings is 1. The van der Waals surface area contributed by atoms with Crippen molar-refractivity contribution in [2.24, 2.45) is 0 Å². The van der Waals surface area contributed by atoms with Gasteiger partial charge in [0.05, 0.1) is 16.6 Å². The largest absolute Gasteiger partial charge is 0.323 e. The van der Waals surface area contributed by atoms with E-state index in [0.717, 1.165) is 24.2 Å². The summed E-state index contributed by atoms with van der Waals surface area (Å²) >= 11 is 1.38. The zero-order chi connectivity index (χ0) is 20.7. The minimum atomic E-state index is -0.424. The molecule has 1 fully saturated rings. The highest BCUT2D eigenvalue weighted by Gasteiger charge is 2.34. The van der Waals surface area contributed by atoms with E-state index in [4.69, 9.17) is 0 Å². The molecule has 2 aliphatic rings. The highest BCUT2D eigenvalue weighted by molar-refractivity contribution is 8.00. The van der Waals surface area contributed by atoms with Crippen LogP contribution in [0.1, 0.15) is 25.8 Å². The number of thioether (sulfide) groups is 1. The van der Waals surface area contributed by atoms with Crippen molar-refractivity contribution in [3.8, 4) is 11.4 Å². The number of para-hydroxylation sites is 2. The zero-order valence-electron chi connectivity index (χ0n) is 16.4. The van der Waals surface area contributed by atoms with Crippen LogP contribution in [0.3, 0.4) is 0 Å². The molecule has 3 aromatic rings. The quantitative estimate of drug-likeness (QED) is 0.638. The second-order valence-electron chi connectivity index (χ2n) is 7.40. The molecule has 1 aromatic carbocycles. The van der Waals surface area contributed by atoms with Gasteiger partial charge in [0.1, 0.15) is 6.54 Å². The highest BCUT2D eigenvalue weighted by atomic mass is 32.2. The van der Waals surface area contributed by atoms with Crippen LogP contribution in [-0.4, -0.2) is 43.4 Å². The van der Waals surface area contributed by atoms with Gasteiger partial charge in [0, 0.05) is 24.0 Å². The number of nitrogens with one attached hydrogen (secondary N) is 1. The van der Waals surface area contributed by atoms with Gasteiger partial charge in [-0.1, -0.05) is 23.9 Å². The Morgan fingerprint density at radius 3 is 2.80 bits per heavy atom. The van der Waals surface area contributed by atoms with Crippen LogP contribution in [0.2, 0.25) is 0 Å². The molecule has 0 unspecified atom stereocenters. The number of carbonyl (C=O) groups excluding carboxylic acids is 2. The van der Waals surface area contributed by atoms with Crippen molar-refractivity contribution in [1.29, 1.82) is 0 Å². The topological polar surface area (TPSA) is 93.0 Å². The third-order valence-electron chi connectivity index (χ3n) is 5.16. The summed E-state index contributed by atoms with van der Waals surface area (Å²) in [6, 6.07) is 11.5. The minimum Gasteiger partial charge on any atom is -0.323 e. The molecule has 1 aliphatic carbocycles. The first kappa shape index (κ1) is 18.8. The molecule has 0 spiro atoms. The van der Waals surface area contributed by atoms with Gasteiger partial charge in [0.2, 0.25) is 11.8 Å². The summed E-state index contributed by atoms with van der Waals surface area (Å²) < 4.78 is 2.11. The van der Waals surface area contributed by atoms with Crippen LogP contribution < -0.4 is 10.2 Å². The maximum Gasteiger partial charge on any atom is 0.244 e. The number of aromatic nitrogens is 4. The van der Waals surface area contributed by atoms with Crippen molar-refractivity contribution in [3.63, 3.8) is 0 Å². The summed E-state index contributed by atoms with van der Waals surface area (Å²) in [4.78, 5) is 31.1. The van der Waals surface area contributed by atoms with Crippen molar-refractivity contribution in [3.05, 3.63) is 48.8 Å². The average Bonchev–Trinajstić information content (AvgIpc) is 3.53. The Balaban J connectivity index is 1.41.